The van der Waals surface area contributed by atoms with Crippen LogP contribution >= 0.6 is 27.5 Å². The van der Waals surface area contributed by atoms with Gasteiger partial charge in [-0.05, 0) is 25.2 Å². The maximum atomic E-state index is 13.3. The van der Waals surface area contributed by atoms with E-state index in [2.05, 4.69) is 15.9 Å². The number of alkyl halides is 1. The van der Waals surface area contributed by atoms with E-state index in [-0.39, 0.29) is 5.82 Å². The van der Waals surface area contributed by atoms with Gasteiger partial charge < -0.3 is 4.90 Å². The van der Waals surface area contributed by atoms with Crippen molar-refractivity contribution in [3.05, 3.63) is 34.1 Å². The lowest BCUT2D eigenvalue weighted by Crippen LogP contribution is -2.20. The van der Waals surface area contributed by atoms with Gasteiger partial charge in [-0.2, -0.15) is 0 Å². The molecule has 0 bridgehead atoms. The highest BCUT2D eigenvalue weighted by Crippen LogP contribution is 2.16. The van der Waals surface area contributed by atoms with E-state index in [1.165, 1.54) is 6.07 Å². The Hall–Kier alpha value is -0.120. The summed E-state index contributed by atoms with van der Waals surface area (Å²) in [6, 6.07) is 4.95. The first-order chi connectivity index (χ1) is 6.63. The molecule has 0 radical (unpaired) electrons. The van der Waals surface area contributed by atoms with Gasteiger partial charge >= 0.3 is 0 Å². The normalized spacial score (nSPS) is 10.9. The van der Waals surface area contributed by atoms with Crippen LogP contribution in [0.2, 0.25) is 0 Å². The van der Waals surface area contributed by atoms with Crippen LogP contribution in [0.5, 0.6) is 0 Å². The zero-order valence-corrected chi connectivity index (χ0v) is 10.3. The van der Waals surface area contributed by atoms with Gasteiger partial charge in [-0.25, -0.2) is 4.39 Å². The Balaban J connectivity index is 2.70. The van der Waals surface area contributed by atoms with Crippen LogP contribution in [-0.2, 0) is 6.54 Å². The van der Waals surface area contributed by atoms with Crippen LogP contribution in [0.25, 0.3) is 0 Å². The van der Waals surface area contributed by atoms with Crippen molar-refractivity contribution >= 4 is 27.5 Å². The van der Waals surface area contributed by atoms with Crippen LogP contribution in [-0.4, -0.2) is 24.4 Å². The molecule has 14 heavy (non-hydrogen) atoms. The number of rotatable bonds is 4. The van der Waals surface area contributed by atoms with Crippen LogP contribution in [0, 0.1) is 5.82 Å². The maximum Gasteiger partial charge on any atom is 0.127 e. The molecular formula is C10H12BrClFN. The Morgan fingerprint density at radius 2 is 2.21 bits per heavy atom. The minimum atomic E-state index is -0.172. The van der Waals surface area contributed by atoms with E-state index >= 15 is 0 Å². The van der Waals surface area contributed by atoms with E-state index in [0.717, 1.165) is 11.0 Å². The Morgan fingerprint density at radius 1 is 1.50 bits per heavy atom. The number of hydrogen-bond donors (Lipinski definition) is 0. The number of benzene rings is 1. The van der Waals surface area contributed by atoms with Crippen molar-refractivity contribution in [1.29, 1.82) is 0 Å². The highest BCUT2D eigenvalue weighted by atomic mass is 79.9. The summed E-state index contributed by atoms with van der Waals surface area (Å²) in [5, 5.41) is 0. The monoisotopic (exact) mass is 279 g/mol. The summed E-state index contributed by atoms with van der Waals surface area (Å²) >= 11 is 8.90. The van der Waals surface area contributed by atoms with E-state index < -0.39 is 0 Å². The molecule has 1 aromatic rings. The quantitative estimate of drug-likeness (QED) is 0.765. The van der Waals surface area contributed by atoms with Crippen molar-refractivity contribution in [2.45, 2.75) is 6.54 Å². The second kappa shape index (κ2) is 5.69. The van der Waals surface area contributed by atoms with Gasteiger partial charge in [-0.1, -0.05) is 15.9 Å². The molecule has 0 amide bonds. The third kappa shape index (κ3) is 3.56. The predicted molar refractivity (Wildman–Crippen MR) is 61.2 cm³/mol. The van der Waals surface area contributed by atoms with Crippen molar-refractivity contribution in [2.24, 2.45) is 0 Å². The largest absolute Gasteiger partial charge is 0.301 e. The fourth-order valence-electron chi connectivity index (χ4n) is 1.18. The number of hydrogen-bond acceptors (Lipinski definition) is 1. The lowest BCUT2D eigenvalue weighted by atomic mass is 10.2. The van der Waals surface area contributed by atoms with E-state index in [0.29, 0.717) is 18.0 Å². The van der Waals surface area contributed by atoms with Crippen molar-refractivity contribution in [3.8, 4) is 0 Å². The molecule has 1 nitrogen and oxygen atoms in total. The Kier molecular flexibility index (Phi) is 4.85. The van der Waals surface area contributed by atoms with Gasteiger partial charge in [0, 0.05) is 29.0 Å². The fourth-order valence-corrected chi connectivity index (χ4v) is 1.88. The minimum absolute atomic E-state index is 0.172. The predicted octanol–water partition coefficient (Wildman–Crippen LogP) is 3.26. The molecule has 0 atom stereocenters. The molecule has 0 aliphatic heterocycles. The summed E-state index contributed by atoms with van der Waals surface area (Å²) < 4.78 is 14.2. The summed E-state index contributed by atoms with van der Waals surface area (Å²) in [6.07, 6.45) is 0. The molecule has 1 rings (SSSR count). The summed E-state index contributed by atoms with van der Waals surface area (Å²) in [5.74, 6) is 0.390. The van der Waals surface area contributed by atoms with Crippen LogP contribution in [0.1, 0.15) is 5.56 Å². The molecule has 78 valence electrons. The van der Waals surface area contributed by atoms with Gasteiger partial charge in [0.25, 0.3) is 0 Å². The van der Waals surface area contributed by atoms with E-state index in [1.54, 1.807) is 12.1 Å². The maximum absolute atomic E-state index is 13.3. The second-order valence-electron chi connectivity index (χ2n) is 3.16. The third-order valence-electron chi connectivity index (χ3n) is 1.91. The first kappa shape index (κ1) is 12.0. The first-order valence-corrected chi connectivity index (χ1v) is 5.64. The summed E-state index contributed by atoms with van der Waals surface area (Å²) in [7, 11) is 1.92. The zero-order chi connectivity index (χ0) is 10.6. The van der Waals surface area contributed by atoms with Gasteiger partial charge in [0.2, 0.25) is 0 Å². The van der Waals surface area contributed by atoms with Crippen molar-refractivity contribution in [1.82, 2.24) is 4.90 Å². The lowest BCUT2D eigenvalue weighted by molar-refractivity contribution is 0.341. The van der Waals surface area contributed by atoms with Gasteiger partial charge in [-0.15, -0.1) is 11.6 Å². The molecule has 0 unspecified atom stereocenters. The van der Waals surface area contributed by atoms with Crippen molar-refractivity contribution in [2.75, 3.05) is 19.5 Å². The Bertz CT molecular complexity index is 306. The average molecular weight is 281 g/mol. The summed E-state index contributed by atoms with van der Waals surface area (Å²) in [6.45, 7) is 1.34. The highest BCUT2D eigenvalue weighted by molar-refractivity contribution is 9.10. The summed E-state index contributed by atoms with van der Waals surface area (Å²) in [4.78, 5) is 1.98. The van der Waals surface area contributed by atoms with E-state index in [9.17, 15) is 4.39 Å². The SMILES string of the molecule is CN(CCCl)Cc1cc(Br)ccc1F. The first-order valence-electron chi connectivity index (χ1n) is 4.32. The molecule has 0 aromatic heterocycles. The zero-order valence-electron chi connectivity index (χ0n) is 7.93. The Morgan fingerprint density at radius 3 is 2.86 bits per heavy atom. The Labute approximate surface area is 97.0 Å². The molecule has 1 aromatic carbocycles. The second-order valence-corrected chi connectivity index (χ2v) is 4.46. The lowest BCUT2D eigenvalue weighted by Gasteiger charge is -2.15. The summed E-state index contributed by atoms with van der Waals surface area (Å²) in [5.41, 5.74) is 0.687. The smallest absolute Gasteiger partial charge is 0.127 e. The van der Waals surface area contributed by atoms with E-state index in [1.807, 2.05) is 11.9 Å². The van der Waals surface area contributed by atoms with Gasteiger partial charge in [0.15, 0.2) is 0 Å². The molecule has 0 fully saturated rings. The molecule has 0 aliphatic rings. The molecule has 0 heterocycles. The van der Waals surface area contributed by atoms with E-state index in [4.69, 9.17) is 11.6 Å². The molecule has 4 heteroatoms. The molecule has 0 N–H and O–H groups in total. The van der Waals surface area contributed by atoms with Crippen LogP contribution in [0.15, 0.2) is 22.7 Å². The topological polar surface area (TPSA) is 3.24 Å². The van der Waals surface area contributed by atoms with Crippen LogP contribution in [0.4, 0.5) is 4.39 Å². The molecular weight excluding hydrogens is 268 g/mol. The standard InChI is InChI=1S/C10H12BrClFN/c1-14(5-4-12)7-8-6-9(11)2-3-10(8)13/h2-3,6H,4-5,7H2,1H3. The fraction of sp³-hybridized carbons (Fsp3) is 0.400. The van der Waals surface area contributed by atoms with Crippen LogP contribution < -0.4 is 0 Å². The number of halogens is 3. The minimum Gasteiger partial charge on any atom is -0.301 e. The molecule has 0 spiro atoms. The highest BCUT2D eigenvalue weighted by Gasteiger charge is 2.05. The van der Waals surface area contributed by atoms with Gasteiger partial charge in [0.05, 0.1) is 0 Å². The molecule has 0 saturated heterocycles. The van der Waals surface area contributed by atoms with Crippen LogP contribution in [0.3, 0.4) is 0 Å². The van der Waals surface area contributed by atoms with Crippen molar-refractivity contribution < 1.29 is 4.39 Å². The van der Waals surface area contributed by atoms with Crippen molar-refractivity contribution in [3.63, 3.8) is 0 Å². The number of nitrogens with zero attached hydrogens (tertiary/aromatic N) is 1. The average Bonchev–Trinajstić information content (AvgIpc) is 2.12. The third-order valence-corrected chi connectivity index (χ3v) is 2.58. The van der Waals surface area contributed by atoms with Gasteiger partial charge in [0.1, 0.15) is 5.82 Å². The molecule has 0 aliphatic carbocycles. The molecule has 0 saturated carbocycles. The van der Waals surface area contributed by atoms with Gasteiger partial charge in [-0.3, -0.25) is 0 Å².